The standard InChI is InChI=1S/C7H5Cl2NO.ClH/c8-6-3-4(10)1-2-5(6)7(9)11;/h1-3H,10H2;1H. The zero-order chi connectivity index (χ0) is 8.43. The molecule has 0 atom stereocenters. The highest BCUT2D eigenvalue weighted by Crippen LogP contribution is 2.20. The third-order valence-corrected chi connectivity index (χ3v) is 1.72. The Balaban J connectivity index is 0.00000121. The van der Waals surface area contributed by atoms with Crippen molar-refractivity contribution in [1.82, 2.24) is 0 Å². The highest BCUT2D eigenvalue weighted by molar-refractivity contribution is 6.68. The minimum atomic E-state index is -0.574. The zero-order valence-electron chi connectivity index (χ0n) is 5.88. The van der Waals surface area contributed by atoms with Crippen LogP contribution in [0, 0.1) is 0 Å². The Kier molecular flexibility index (Phi) is 4.39. The van der Waals surface area contributed by atoms with E-state index in [9.17, 15) is 4.79 Å². The number of hydrogen-bond acceptors (Lipinski definition) is 2. The summed E-state index contributed by atoms with van der Waals surface area (Å²) in [6.07, 6.45) is 0. The summed E-state index contributed by atoms with van der Waals surface area (Å²) in [5.74, 6) is 0. The smallest absolute Gasteiger partial charge is 0.253 e. The monoisotopic (exact) mass is 225 g/mol. The average Bonchev–Trinajstić information content (AvgIpc) is 1.85. The van der Waals surface area contributed by atoms with E-state index in [-0.39, 0.29) is 23.0 Å². The molecule has 0 aliphatic rings. The molecule has 0 bridgehead atoms. The Labute approximate surface area is 86.1 Å². The first-order chi connectivity index (χ1) is 5.11. The van der Waals surface area contributed by atoms with Gasteiger partial charge in [0.05, 0.1) is 10.6 Å². The summed E-state index contributed by atoms with van der Waals surface area (Å²) in [6.45, 7) is 0. The predicted octanol–water partition coefficient (Wildman–Crippen LogP) is 2.72. The van der Waals surface area contributed by atoms with Crippen molar-refractivity contribution in [3.05, 3.63) is 28.8 Å². The maximum Gasteiger partial charge on any atom is 0.253 e. The predicted molar refractivity (Wildman–Crippen MR) is 53.3 cm³/mol. The van der Waals surface area contributed by atoms with Crippen molar-refractivity contribution in [3.63, 3.8) is 0 Å². The fourth-order valence-corrected chi connectivity index (χ4v) is 1.18. The van der Waals surface area contributed by atoms with Gasteiger partial charge in [0.25, 0.3) is 5.24 Å². The van der Waals surface area contributed by atoms with Crippen LogP contribution in [0.1, 0.15) is 10.4 Å². The number of benzene rings is 1. The molecule has 0 radical (unpaired) electrons. The molecular weight excluding hydrogens is 220 g/mol. The normalized spacial score (nSPS) is 8.83. The van der Waals surface area contributed by atoms with Gasteiger partial charge in [-0.1, -0.05) is 11.6 Å². The molecule has 0 saturated carbocycles. The van der Waals surface area contributed by atoms with Gasteiger partial charge in [-0.25, -0.2) is 0 Å². The molecule has 1 aromatic carbocycles. The van der Waals surface area contributed by atoms with Crippen molar-refractivity contribution >= 4 is 46.5 Å². The van der Waals surface area contributed by atoms with E-state index in [0.29, 0.717) is 5.69 Å². The highest BCUT2D eigenvalue weighted by atomic mass is 35.5. The van der Waals surface area contributed by atoms with Crippen LogP contribution in [-0.4, -0.2) is 5.24 Å². The van der Waals surface area contributed by atoms with Crippen LogP contribution < -0.4 is 5.73 Å². The van der Waals surface area contributed by atoms with Crippen molar-refractivity contribution < 1.29 is 4.79 Å². The van der Waals surface area contributed by atoms with Gasteiger partial charge in [0.15, 0.2) is 0 Å². The molecule has 0 aliphatic carbocycles. The Morgan fingerprint density at radius 1 is 1.42 bits per heavy atom. The fourth-order valence-electron chi connectivity index (χ4n) is 0.691. The third-order valence-electron chi connectivity index (χ3n) is 1.20. The molecule has 2 N–H and O–H groups in total. The van der Waals surface area contributed by atoms with E-state index in [1.54, 1.807) is 6.07 Å². The Hall–Kier alpha value is -0.440. The van der Waals surface area contributed by atoms with E-state index in [4.69, 9.17) is 28.9 Å². The molecule has 2 nitrogen and oxygen atoms in total. The lowest BCUT2D eigenvalue weighted by Gasteiger charge is -1.98. The van der Waals surface area contributed by atoms with Gasteiger partial charge in [-0.3, -0.25) is 4.79 Å². The molecule has 12 heavy (non-hydrogen) atoms. The molecule has 0 heterocycles. The molecule has 0 aromatic heterocycles. The van der Waals surface area contributed by atoms with Crippen LogP contribution in [0.25, 0.3) is 0 Å². The topological polar surface area (TPSA) is 43.1 Å². The Bertz CT molecular complexity index is 301. The summed E-state index contributed by atoms with van der Waals surface area (Å²) in [5, 5.41) is -0.292. The molecule has 0 amide bonds. The average molecular weight is 226 g/mol. The zero-order valence-corrected chi connectivity index (χ0v) is 8.21. The summed E-state index contributed by atoms with van der Waals surface area (Å²) in [5.41, 5.74) is 6.18. The molecular formula is C7H6Cl3NO. The van der Waals surface area contributed by atoms with Crippen molar-refractivity contribution in [1.29, 1.82) is 0 Å². The SMILES string of the molecule is Cl.Nc1ccc(C(=O)Cl)c(Cl)c1. The molecule has 0 unspecified atom stereocenters. The Morgan fingerprint density at radius 3 is 2.42 bits per heavy atom. The van der Waals surface area contributed by atoms with E-state index < -0.39 is 5.24 Å². The first-order valence-corrected chi connectivity index (χ1v) is 3.61. The lowest BCUT2D eigenvalue weighted by atomic mass is 10.2. The first-order valence-electron chi connectivity index (χ1n) is 2.86. The van der Waals surface area contributed by atoms with Crippen LogP contribution in [0.4, 0.5) is 5.69 Å². The van der Waals surface area contributed by atoms with E-state index in [2.05, 4.69) is 0 Å². The van der Waals surface area contributed by atoms with Crippen LogP contribution >= 0.6 is 35.6 Å². The molecule has 0 fully saturated rings. The van der Waals surface area contributed by atoms with Crippen molar-refractivity contribution in [2.24, 2.45) is 0 Å². The van der Waals surface area contributed by atoms with Crippen molar-refractivity contribution in [3.8, 4) is 0 Å². The molecule has 0 spiro atoms. The largest absolute Gasteiger partial charge is 0.399 e. The van der Waals surface area contributed by atoms with Gasteiger partial charge >= 0.3 is 0 Å². The maximum atomic E-state index is 10.6. The second kappa shape index (κ2) is 4.55. The molecule has 5 heteroatoms. The number of carbonyl (C=O) groups excluding carboxylic acids is 1. The number of hydrogen-bond donors (Lipinski definition) is 1. The summed E-state index contributed by atoms with van der Waals surface area (Å²) in [7, 11) is 0. The second-order valence-corrected chi connectivity index (χ2v) is 2.76. The quantitative estimate of drug-likeness (QED) is 0.591. The van der Waals surface area contributed by atoms with Crippen molar-refractivity contribution in [2.75, 3.05) is 5.73 Å². The van der Waals surface area contributed by atoms with Crippen LogP contribution in [-0.2, 0) is 0 Å². The summed E-state index contributed by atoms with van der Waals surface area (Å²) in [4.78, 5) is 10.6. The minimum Gasteiger partial charge on any atom is -0.399 e. The van der Waals surface area contributed by atoms with E-state index in [1.165, 1.54) is 12.1 Å². The number of rotatable bonds is 1. The highest BCUT2D eigenvalue weighted by Gasteiger charge is 2.06. The van der Waals surface area contributed by atoms with E-state index in [1.807, 2.05) is 0 Å². The van der Waals surface area contributed by atoms with Crippen LogP contribution in [0.15, 0.2) is 18.2 Å². The van der Waals surface area contributed by atoms with Gasteiger partial charge in [-0.2, -0.15) is 0 Å². The maximum absolute atomic E-state index is 10.6. The molecule has 66 valence electrons. The van der Waals surface area contributed by atoms with Gasteiger partial charge in [0.1, 0.15) is 0 Å². The third kappa shape index (κ3) is 2.55. The number of anilines is 1. The molecule has 0 saturated heterocycles. The summed E-state index contributed by atoms with van der Waals surface area (Å²) >= 11 is 10.8. The summed E-state index contributed by atoms with van der Waals surface area (Å²) in [6, 6.07) is 4.55. The van der Waals surface area contributed by atoms with Crippen molar-refractivity contribution in [2.45, 2.75) is 0 Å². The number of nitrogens with two attached hydrogens (primary N) is 1. The van der Waals surface area contributed by atoms with Crippen LogP contribution in [0.5, 0.6) is 0 Å². The summed E-state index contributed by atoms with van der Waals surface area (Å²) < 4.78 is 0. The lowest BCUT2D eigenvalue weighted by Crippen LogP contribution is -1.92. The van der Waals surface area contributed by atoms with Gasteiger partial charge < -0.3 is 5.73 Å². The minimum absolute atomic E-state index is 0. The molecule has 1 rings (SSSR count). The number of nitrogen functional groups attached to an aromatic ring is 1. The fraction of sp³-hybridized carbons (Fsp3) is 0. The Morgan fingerprint density at radius 2 is 2.00 bits per heavy atom. The number of halogens is 3. The van der Waals surface area contributed by atoms with Crippen LogP contribution in [0.3, 0.4) is 0 Å². The first kappa shape index (κ1) is 11.6. The lowest BCUT2D eigenvalue weighted by molar-refractivity contribution is 0.108. The van der Waals surface area contributed by atoms with Gasteiger partial charge in [-0.05, 0) is 29.8 Å². The van der Waals surface area contributed by atoms with Gasteiger partial charge in [-0.15, -0.1) is 12.4 Å². The second-order valence-electron chi connectivity index (χ2n) is 2.01. The van der Waals surface area contributed by atoms with E-state index >= 15 is 0 Å². The molecule has 0 aliphatic heterocycles. The number of carbonyl (C=O) groups is 1. The van der Waals surface area contributed by atoms with Crippen LogP contribution in [0.2, 0.25) is 5.02 Å². The van der Waals surface area contributed by atoms with Gasteiger partial charge in [0.2, 0.25) is 0 Å². The van der Waals surface area contributed by atoms with Gasteiger partial charge in [0, 0.05) is 5.69 Å². The van der Waals surface area contributed by atoms with E-state index in [0.717, 1.165) is 0 Å². The molecule has 1 aromatic rings.